The summed E-state index contributed by atoms with van der Waals surface area (Å²) in [5, 5.41) is 0. The van der Waals surface area contributed by atoms with Crippen LogP contribution in [0.2, 0.25) is 0 Å². The number of hydrogen-bond acceptors (Lipinski definition) is 2. The maximum atomic E-state index is 13.3. The van der Waals surface area contributed by atoms with Gasteiger partial charge in [-0.25, -0.2) is 4.39 Å². The van der Waals surface area contributed by atoms with Crippen LogP contribution in [0.25, 0.3) is 0 Å². The Morgan fingerprint density at radius 2 is 1.89 bits per heavy atom. The molecule has 106 valence electrons. The minimum Gasteiger partial charge on any atom is -0.329 e. The molecule has 2 nitrogen and oxygen atoms in total. The molecule has 0 aliphatic heterocycles. The monoisotopic (exact) mass is 264 g/mol. The van der Waals surface area contributed by atoms with E-state index >= 15 is 0 Å². The third-order valence-corrected chi connectivity index (χ3v) is 4.53. The van der Waals surface area contributed by atoms with Crippen LogP contribution in [0.1, 0.15) is 44.1 Å². The molecular weight excluding hydrogens is 239 g/mol. The second-order valence-electron chi connectivity index (χ2n) is 5.83. The maximum Gasteiger partial charge on any atom is 0.123 e. The summed E-state index contributed by atoms with van der Waals surface area (Å²) in [5.74, 6) is -0.159. The molecule has 0 heterocycles. The normalized spacial score (nSPS) is 19.4. The molecule has 3 heteroatoms. The van der Waals surface area contributed by atoms with Crippen LogP contribution < -0.4 is 5.73 Å². The fraction of sp³-hybridized carbons (Fsp3) is 0.625. The van der Waals surface area contributed by atoms with Gasteiger partial charge < -0.3 is 5.73 Å². The fourth-order valence-corrected chi connectivity index (χ4v) is 3.21. The van der Waals surface area contributed by atoms with Gasteiger partial charge in [0.1, 0.15) is 5.82 Å². The highest BCUT2D eigenvalue weighted by molar-refractivity contribution is 5.16. The topological polar surface area (TPSA) is 29.3 Å². The van der Waals surface area contributed by atoms with Crippen molar-refractivity contribution in [3.8, 4) is 0 Å². The molecule has 0 unspecified atom stereocenters. The molecule has 2 N–H and O–H groups in total. The van der Waals surface area contributed by atoms with E-state index in [1.165, 1.54) is 31.7 Å². The Bertz CT molecular complexity index is 397. The summed E-state index contributed by atoms with van der Waals surface area (Å²) < 4.78 is 13.3. The van der Waals surface area contributed by atoms with Gasteiger partial charge in [0, 0.05) is 18.6 Å². The van der Waals surface area contributed by atoms with E-state index in [-0.39, 0.29) is 11.4 Å². The summed E-state index contributed by atoms with van der Waals surface area (Å²) in [6, 6.07) is 6.88. The first kappa shape index (κ1) is 14.5. The predicted octanol–water partition coefficient (Wildman–Crippen LogP) is 3.31. The largest absolute Gasteiger partial charge is 0.329 e. The molecule has 1 fully saturated rings. The molecule has 2 rings (SSSR count). The third kappa shape index (κ3) is 3.54. The van der Waals surface area contributed by atoms with Gasteiger partial charge in [0.2, 0.25) is 0 Å². The van der Waals surface area contributed by atoms with Crippen LogP contribution in [0.4, 0.5) is 4.39 Å². The molecule has 0 atom stereocenters. The zero-order valence-electron chi connectivity index (χ0n) is 11.9. The molecule has 0 bridgehead atoms. The minimum absolute atomic E-state index is 0.100. The number of nitrogens with zero attached hydrogens (tertiary/aromatic N) is 1. The first-order chi connectivity index (χ1) is 9.16. The lowest BCUT2D eigenvalue weighted by Gasteiger charge is -2.41. The zero-order valence-corrected chi connectivity index (χ0v) is 11.9. The van der Waals surface area contributed by atoms with Gasteiger partial charge >= 0.3 is 0 Å². The lowest BCUT2D eigenvalue weighted by Crippen LogP contribution is -2.51. The lowest BCUT2D eigenvalue weighted by atomic mass is 9.88. The SMILES string of the molecule is CN(Cc1cccc(F)c1)C1(CN)CCCCCC1. The van der Waals surface area contributed by atoms with Crippen LogP contribution in [0.3, 0.4) is 0 Å². The number of likely N-dealkylation sites (N-methyl/N-ethyl adjacent to an activating group) is 1. The second-order valence-corrected chi connectivity index (χ2v) is 5.83. The Balaban J connectivity index is 2.09. The van der Waals surface area contributed by atoms with Crippen molar-refractivity contribution in [3.05, 3.63) is 35.6 Å². The van der Waals surface area contributed by atoms with Crippen molar-refractivity contribution >= 4 is 0 Å². The number of nitrogens with two attached hydrogens (primary N) is 1. The van der Waals surface area contributed by atoms with Crippen LogP contribution in [0.5, 0.6) is 0 Å². The highest BCUT2D eigenvalue weighted by Gasteiger charge is 2.33. The van der Waals surface area contributed by atoms with Crippen molar-refractivity contribution in [3.63, 3.8) is 0 Å². The minimum atomic E-state index is -0.159. The average Bonchev–Trinajstić information content (AvgIpc) is 2.65. The molecular formula is C16H25FN2. The average molecular weight is 264 g/mol. The molecule has 1 saturated carbocycles. The van der Waals surface area contributed by atoms with Gasteiger partial charge in [-0.2, -0.15) is 0 Å². The first-order valence-electron chi connectivity index (χ1n) is 7.32. The van der Waals surface area contributed by atoms with Gasteiger partial charge in [-0.3, -0.25) is 4.90 Å². The Morgan fingerprint density at radius 1 is 1.21 bits per heavy atom. The van der Waals surface area contributed by atoms with Crippen LogP contribution in [0.15, 0.2) is 24.3 Å². The van der Waals surface area contributed by atoms with E-state index in [2.05, 4.69) is 11.9 Å². The highest BCUT2D eigenvalue weighted by Crippen LogP contribution is 2.32. The summed E-state index contributed by atoms with van der Waals surface area (Å²) in [5.41, 5.74) is 7.20. The summed E-state index contributed by atoms with van der Waals surface area (Å²) in [6.07, 6.45) is 7.46. The van der Waals surface area contributed by atoms with Crippen molar-refractivity contribution in [1.29, 1.82) is 0 Å². The summed E-state index contributed by atoms with van der Waals surface area (Å²) in [7, 11) is 2.13. The molecule has 1 aliphatic rings. The molecule has 0 saturated heterocycles. The van der Waals surface area contributed by atoms with Crippen molar-refractivity contribution < 1.29 is 4.39 Å². The molecule has 19 heavy (non-hydrogen) atoms. The number of hydrogen-bond donors (Lipinski definition) is 1. The smallest absolute Gasteiger partial charge is 0.123 e. The summed E-state index contributed by atoms with van der Waals surface area (Å²) in [6.45, 7) is 1.47. The highest BCUT2D eigenvalue weighted by atomic mass is 19.1. The zero-order chi connectivity index (χ0) is 13.7. The fourth-order valence-electron chi connectivity index (χ4n) is 3.21. The van der Waals surface area contributed by atoms with Crippen LogP contribution >= 0.6 is 0 Å². The van der Waals surface area contributed by atoms with Crippen LogP contribution in [0, 0.1) is 5.82 Å². The van der Waals surface area contributed by atoms with E-state index < -0.39 is 0 Å². The van der Waals surface area contributed by atoms with Gasteiger partial charge in [-0.15, -0.1) is 0 Å². The van der Waals surface area contributed by atoms with E-state index in [0.717, 1.165) is 24.9 Å². The molecule has 1 aliphatic carbocycles. The van der Waals surface area contributed by atoms with Gasteiger partial charge in [-0.05, 0) is 37.6 Å². The lowest BCUT2D eigenvalue weighted by molar-refractivity contribution is 0.0996. The number of rotatable bonds is 4. The standard InChI is InChI=1S/C16H25FN2/c1-19(12-14-7-6-8-15(17)11-14)16(13-18)9-4-2-3-5-10-16/h6-8,11H,2-5,9-10,12-13,18H2,1H3. The Kier molecular flexibility index (Phi) is 4.94. The third-order valence-electron chi connectivity index (χ3n) is 4.53. The van der Waals surface area contributed by atoms with Gasteiger partial charge in [-0.1, -0.05) is 37.8 Å². The molecule has 1 aromatic carbocycles. The summed E-state index contributed by atoms with van der Waals surface area (Å²) >= 11 is 0. The number of halogens is 1. The number of benzene rings is 1. The molecule has 0 amide bonds. The van der Waals surface area contributed by atoms with Gasteiger partial charge in [0.15, 0.2) is 0 Å². The molecule has 1 aromatic rings. The summed E-state index contributed by atoms with van der Waals surface area (Å²) in [4.78, 5) is 2.34. The van der Waals surface area contributed by atoms with E-state index in [1.54, 1.807) is 12.1 Å². The predicted molar refractivity (Wildman–Crippen MR) is 77.4 cm³/mol. The second kappa shape index (κ2) is 6.49. The van der Waals surface area contributed by atoms with E-state index in [9.17, 15) is 4.39 Å². The molecule has 0 aromatic heterocycles. The Hall–Kier alpha value is -0.930. The van der Waals surface area contributed by atoms with Crippen LogP contribution in [-0.4, -0.2) is 24.0 Å². The molecule has 0 radical (unpaired) electrons. The van der Waals surface area contributed by atoms with Gasteiger partial charge in [0.25, 0.3) is 0 Å². The van der Waals surface area contributed by atoms with Crippen molar-refractivity contribution in [2.45, 2.75) is 50.6 Å². The van der Waals surface area contributed by atoms with Gasteiger partial charge in [0.05, 0.1) is 0 Å². The van der Waals surface area contributed by atoms with Crippen molar-refractivity contribution in [1.82, 2.24) is 4.90 Å². The quantitative estimate of drug-likeness (QED) is 0.845. The first-order valence-corrected chi connectivity index (χ1v) is 7.32. The van der Waals surface area contributed by atoms with Crippen LogP contribution in [-0.2, 0) is 6.54 Å². The maximum absolute atomic E-state index is 13.3. The van der Waals surface area contributed by atoms with E-state index in [0.29, 0.717) is 6.54 Å². The van der Waals surface area contributed by atoms with Crippen molar-refractivity contribution in [2.24, 2.45) is 5.73 Å². The van der Waals surface area contributed by atoms with E-state index in [4.69, 9.17) is 5.73 Å². The van der Waals surface area contributed by atoms with E-state index in [1.807, 2.05) is 6.07 Å². The Labute approximate surface area is 115 Å². The molecule has 0 spiro atoms. The van der Waals surface area contributed by atoms with Crippen molar-refractivity contribution in [2.75, 3.05) is 13.6 Å². The Morgan fingerprint density at radius 3 is 2.47 bits per heavy atom.